The van der Waals surface area contributed by atoms with Crippen molar-refractivity contribution in [2.24, 2.45) is 0 Å². The zero-order valence-corrected chi connectivity index (χ0v) is 19.3. The van der Waals surface area contributed by atoms with Gasteiger partial charge < -0.3 is 18.8 Å². The first kappa shape index (κ1) is 22.0. The lowest BCUT2D eigenvalue weighted by Gasteiger charge is -2.34. The average Bonchev–Trinajstić information content (AvgIpc) is 3.25. The Hall–Kier alpha value is -3.21. The Morgan fingerprint density at radius 3 is 2.62 bits per heavy atom. The highest BCUT2D eigenvalue weighted by atomic mass is 16.5. The third-order valence-electron chi connectivity index (χ3n) is 6.44. The van der Waals surface area contributed by atoms with E-state index in [-0.39, 0.29) is 5.91 Å². The monoisotopic (exact) mass is 433 g/mol. The molecule has 5 heteroatoms. The van der Waals surface area contributed by atoms with E-state index in [1.165, 1.54) is 6.42 Å². The maximum Gasteiger partial charge on any atom is 0.247 e. The molecule has 32 heavy (non-hydrogen) atoms. The topological polar surface area (TPSA) is 51.9 Å². The molecule has 0 aliphatic carbocycles. The van der Waals surface area contributed by atoms with Crippen LogP contribution >= 0.6 is 0 Å². The minimum absolute atomic E-state index is 0.0822. The summed E-state index contributed by atoms with van der Waals surface area (Å²) in [6, 6.07) is 12.2. The molecule has 1 atom stereocenters. The van der Waals surface area contributed by atoms with E-state index >= 15 is 0 Å². The molecule has 1 fully saturated rings. The summed E-state index contributed by atoms with van der Waals surface area (Å²) in [6.45, 7) is 4.96. The van der Waals surface area contributed by atoms with Crippen LogP contribution in [0.1, 0.15) is 45.1 Å². The van der Waals surface area contributed by atoms with Gasteiger partial charge in [0.2, 0.25) is 5.91 Å². The lowest BCUT2D eigenvalue weighted by Crippen LogP contribution is -2.42. The number of carbonyl (C=O) groups is 1. The number of methoxy groups -OCH3 is 2. The molecule has 0 spiro atoms. The highest BCUT2D eigenvalue weighted by Gasteiger charge is 2.24. The number of rotatable bonds is 6. The maximum absolute atomic E-state index is 13.1. The van der Waals surface area contributed by atoms with Gasteiger partial charge in [0.25, 0.3) is 0 Å². The number of allylic oxidation sites excluding steroid dienone is 1. The molecule has 1 aliphatic heterocycles. The molecule has 1 saturated heterocycles. The van der Waals surface area contributed by atoms with Crippen LogP contribution in [0, 0.1) is 0 Å². The summed E-state index contributed by atoms with van der Waals surface area (Å²) < 4.78 is 16.8. The lowest BCUT2D eigenvalue weighted by atomic mass is 9.97. The number of carbonyl (C=O) groups excluding carboxylic acids is 1. The SMILES string of the molecule is CCC1CCCCN1C(=O)/C=C(\C)c1cc2c(-c3ccc(OC)cc3)coc2cc1OC. The zero-order chi connectivity index (χ0) is 22.7. The summed E-state index contributed by atoms with van der Waals surface area (Å²) in [5.41, 5.74) is 4.56. The first-order valence-electron chi connectivity index (χ1n) is 11.3. The highest BCUT2D eigenvalue weighted by molar-refractivity contribution is 6.00. The molecule has 1 aromatic heterocycles. The summed E-state index contributed by atoms with van der Waals surface area (Å²) in [5.74, 6) is 1.59. The molecule has 168 valence electrons. The van der Waals surface area contributed by atoms with Gasteiger partial charge in [-0.3, -0.25) is 4.79 Å². The molecule has 3 aromatic rings. The second-order valence-electron chi connectivity index (χ2n) is 8.34. The Labute approximate surface area is 189 Å². The van der Waals surface area contributed by atoms with Gasteiger partial charge in [-0.1, -0.05) is 19.1 Å². The van der Waals surface area contributed by atoms with Crippen molar-refractivity contribution in [3.05, 3.63) is 54.3 Å². The number of hydrogen-bond acceptors (Lipinski definition) is 4. The van der Waals surface area contributed by atoms with E-state index in [1.807, 2.05) is 42.2 Å². The van der Waals surface area contributed by atoms with Gasteiger partial charge in [0, 0.05) is 41.2 Å². The predicted octanol–water partition coefficient (Wildman–Crippen LogP) is 6.31. The number of hydrogen-bond donors (Lipinski definition) is 0. The van der Waals surface area contributed by atoms with Crippen LogP contribution in [0.15, 0.2) is 53.2 Å². The second kappa shape index (κ2) is 9.51. The number of furan rings is 1. The van der Waals surface area contributed by atoms with E-state index in [2.05, 4.69) is 13.0 Å². The fourth-order valence-corrected chi connectivity index (χ4v) is 4.59. The lowest BCUT2D eigenvalue weighted by molar-refractivity contribution is -0.129. The predicted molar refractivity (Wildman–Crippen MR) is 128 cm³/mol. The quantitative estimate of drug-likeness (QED) is 0.427. The van der Waals surface area contributed by atoms with Crippen LogP contribution in [0.25, 0.3) is 27.7 Å². The smallest absolute Gasteiger partial charge is 0.247 e. The zero-order valence-electron chi connectivity index (χ0n) is 19.3. The van der Waals surface area contributed by atoms with Crippen molar-refractivity contribution in [3.63, 3.8) is 0 Å². The molecule has 0 N–H and O–H groups in total. The number of fused-ring (bicyclic) bond motifs is 1. The largest absolute Gasteiger partial charge is 0.497 e. The van der Waals surface area contributed by atoms with E-state index in [0.29, 0.717) is 11.8 Å². The third kappa shape index (κ3) is 4.24. The highest BCUT2D eigenvalue weighted by Crippen LogP contribution is 2.38. The van der Waals surface area contributed by atoms with E-state index in [1.54, 1.807) is 26.6 Å². The number of nitrogens with zero attached hydrogens (tertiary/aromatic N) is 1. The van der Waals surface area contributed by atoms with Gasteiger partial charge >= 0.3 is 0 Å². The molecule has 4 rings (SSSR count). The number of likely N-dealkylation sites (tertiary alicyclic amines) is 1. The number of ether oxygens (including phenoxy) is 2. The van der Waals surface area contributed by atoms with Gasteiger partial charge in [0.1, 0.15) is 17.1 Å². The van der Waals surface area contributed by atoms with Crippen LogP contribution in [0.3, 0.4) is 0 Å². The van der Waals surface area contributed by atoms with Gasteiger partial charge in [-0.2, -0.15) is 0 Å². The Balaban J connectivity index is 1.72. The summed E-state index contributed by atoms with van der Waals surface area (Å²) in [6.07, 6.45) is 7.87. The molecule has 2 aromatic carbocycles. The van der Waals surface area contributed by atoms with Crippen LogP contribution in [-0.2, 0) is 4.79 Å². The standard InChI is InChI=1S/C27H31NO4/c1-5-20-8-6-7-13-28(20)27(29)14-18(2)22-15-23-24(17-32-26(23)16-25(22)31-4)19-9-11-21(30-3)12-10-19/h9-12,14-17,20H,5-8,13H2,1-4H3/b18-14+. The Morgan fingerprint density at radius 2 is 1.94 bits per heavy atom. The van der Waals surface area contributed by atoms with Crippen molar-refractivity contribution in [3.8, 4) is 22.6 Å². The van der Waals surface area contributed by atoms with Gasteiger partial charge in [0.05, 0.1) is 20.5 Å². The average molecular weight is 434 g/mol. The van der Waals surface area contributed by atoms with Crippen molar-refractivity contribution in [2.75, 3.05) is 20.8 Å². The Bertz CT molecular complexity index is 1130. The van der Waals surface area contributed by atoms with E-state index in [0.717, 1.165) is 64.8 Å². The molecule has 1 amide bonds. The summed E-state index contributed by atoms with van der Waals surface area (Å²) in [4.78, 5) is 15.1. The molecule has 0 saturated carbocycles. The molecule has 5 nitrogen and oxygen atoms in total. The molecular weight excluding hydrogens is 402 g/mol. The van der Waals surface area contributed by atoms with Crippen LogP contribution < -0.4 is 9.47 Å². The van der Waals surface area contributed by atoms with Gasteiger partial charge in [-0.15, -0.1) is 0 Å². The van der Waals surface area contributed by atoms with E-state index < -0.39 is 0 Å². The fraction of sp³-hybridized carbons (Fsp3) is 0.370. The molecular formula is C27H31NO4. The molecule has 1 unspecified atom stereocenters. The number of benzene rings is 2. The van der Waals surface area contributed by atoms with Crippen molar-refractivity contribution >= 4 is 22.4 Å². The normalized spacial score (nSPS) is 16.9. The van der Waals surface area contributed by atoms with Crippen LogP contribution in [0.4, 0.5) is 0 Å². The van der Waals surface area contributed by atoms with Gasteiger partial charge in [-0.25, -0.2) is 0 Å². The first-order chi connectivity index (χ1) is 15.5. The summed E-state index contributed by atoms with van der Waals surface area (Å²) in [7, 11) is 3.30. The molecule has 0 bridgehead atoms. The molecule has 1 aliphatic rings. The van der Waals surface area contributed by atoms with Gasteiger partial charge in [-0.05, 0) is 61.9 Å². The van der Waals surface area contributed by atoms with Crippen molar-refractivity contribution in [2.45, 2.75) is 45.6 Å². The summed E-state index contributed by atoms with van der Waals surface area (Å²) in [5, 5.41) is 0.982. The van der Waals surface area contributed by atoms with Crippen molar-refractivity contribution < 1.29 is 18.7 Å². The third-order valence-corrected chi connectivity index (χ3v) is 6.44. The second-order valence-corrected chi connectivity index (χ2v) is 8.34. The maximum atomic E-state index is 13.1. The Kier molecular flexibility index (Phi) is 6.54. The van der Waals surface area contributed by atoms with Crippen molar-refractivity contribution in [1.82, 2.24) is 4.90 Å². The van der Waals surface area contributed by atoms with E-state index in [4.69, 9.17) is 13.9 Å². The number of amides is 1. The molecule has 2 heterocycles. The summed E-state index contributed by atoms with van der Waals surface area (Å²) >= 11 is 0. The fourth-order valence-electron chi connectivity index (χ4n) is 4.59. The van der Waals surface area contributed by atoms with E-state index in [9.17, 15) is 4.79 Å². The minimum atomic E-state index is 0.0822. The van der Waals surface area contributed by atoms with Crippen LogP contribution in [-0.4, -0.2) is 37.6 Å². The van der Waals surface area contributed by atoms with Crippen LogP contribution in [0.2, 0.25) is 0 Å². The number of piperidine rings is 1. The van der Waals surface area contributed by atoms with Gasteiger partial charge in [0.15, 0.2) is 0 Å². The van der Waals surface area contributed by atoms with Crippen molar-refractivity contribution in [1.29, 1.82) is 0 Å². The minimum Gasteiger partial charge on any atom is -0.497 e. The van der Waals surface area contributed by atoms with Crippen LogP contribution in [0.5, 0.6) is 11.5 Å². The molecule has 0 radical (unpaired) electrons. The Morgan fingerprint density at radius 1 is 1.16 bits per heavy atom. The first-order valence-corrected chi connectivity index (χ1v) is 11.3.